The molecule has 0 rings (SSSR count). The summed E-state index contributed by atoms with van der Waals surface area (Å²) in [6.07, 6.45) is 62.2. The number of nitrogens with one attached hydrogen (secondary N) is 1. The van der Waals surface area contributed by atoms with Gasteiger partial charge in [-0.15, -0.1) is 0 Å². The van der Waals surface area contributed by atoms with E-state index in [4.69, 9.17) is 4.74 Å². The molecule has 3 N–H and O–H groups in total. The van der Waals surface area contributed by atoms with Gasteiger partial charge in [-0.3, -0.25) is 9.59 Å². The zero-order valence-corrected chi connectivity index (χ0v) is 39.8. The first-order chi connectivity index (χ1) is 30.0. The van der Waals surface area contributed by atoms with Gasteiger partial charge in [0.05, 0.1) is 25.2 Å². The molecule has 0 fully saturated rings. The fourth-order valence-electron chi connectivity index (χ4n) is 7.13. The maximum atomic E-state index is 13.2. The third kappa shape index (κ3) is 43.5. The molecule has 6 nitrogen and oxygen atoms in total. The van der Waals surface area contributed by atoms with Gasteiger partial charge in [-0.1, -0.05) is 196 Å². The summed E-state index contributed by atoms with van der Waals surface area (Å²) >= 11 is 0. The van der Waals surface area contributed by atoms with Crippen molar-refractivity contribution in [3.8, 4) is 0 Å². The van der Waals surface area contributed by atoms with Crippen LogP contribution in [0.1, 0.15) is 226 Å². The predicted octanol–water partition coefficient (Wildman–Crippen LogP) is 15.2. The van der Waals surface area contributed by atoms with E-state index < -0.39 is 18.2 Å². The van der Waals surface area contributed by atoms with Crippen molar-refractivity contribution in [3.05, 3.63) is 85.1 Å². The molecule has 0 saturated heterocycles. The molecule has 61 heavy (non-hydrogen) atoms. The van der Waals surface area contributed by atoms with E-state index in [1.165, 1.54) is 77.0 Å². The summed E-state index contributed by atoms with van der Waals surface area (Å²) in [4.78, 5) is 26.1. The van der Waals surface area contributed by atoms with Gasteiger partial charge in [-0.05, 0) is 103 Å². The van der Waals surface area contributed by atoms with Gasteiger partial charge in [0.25, 0.3) is 0 Å². The van der Waals surface area contributed by atoms with Crippen molar-refractivity contribution in [3.63, 3.8) is 0 Å². The van der Waals surface area contributed by atoms with Crippen LogP contribution >= 0.6 is 0 Å². The summed E-state index contributed by atoms with van der Waals surface area (Å²) in [5.74, 6) is -0.555. The van der Waals surface area contributed by atoms with Crippen LogP contribution in [-0.2, 0) is 14.3 Å². The second-order valence-corrected chi connectivity index (χ2v) is 16.8. The Bertz CT molecular complexity index is 1180. The molecule has 0 aromatic heterocycles. The Balaban J connectivity index is 4.66. The molecule has 0 aliphatic carbocycles. The summed E-state index contributed by atoms with van der Waals surface area (Å²) in [6.45, 7) is 6.30. The highest BCUT2D eigenvalue weighted by Gasteiger charge is 2.24. The van der Waals surface area contributed by atoms with E-state index in [0.29, 0.717) is 19.3 Å². The van der Waals surface area contributed by atoms with Gasteiger partial charge in [0.15, 0.2) is 0 Å². The Morgan fingerprint density at radius 3 is 1.38 bits per heavy atom. The maximum Gasteiger partial charge on any atom is 0.306 e. The van der Waals surface area contributed by atoms with E-state index in [0.717, 1.165) is 103 Å². The molecule has 1 amide bonds. The quantitative estimate of drug-likeness (QED) is 0.0322. The average molecular weight is 850 g/mol. The molecule has 3 unspecified atom stereocenters. The standard InChI is InChI=1S/C55H95NO5/c1-4-7-10-13-16-19-22-24-25-26-27-28-29-30-33-36-39-42-45-48-55(60)61-51(46-43-40-37-34-32-23-20-17-14-11-8-5-2)49-54(59)56-52(50-57)53(58)47-44-41-38-35-31-21-18-15-12-9-6-3/h8,11,16-17,19-20,24-25,27-28,30,32-34,51-53,57-58H,4-7,9-10,12-15,18,21-23,26,29,31,35-50H2,1-3H3,(H,56,59)/b11-8+,19-16-,20-17+,25-24-,28-27-,33-30-,34-32+. The number of aliphatic hydroxyl groups is 2. The molecule has 0 aliphatic heterocycles. The van der Waals surface area contributed by atoms with Crippen LogP contribution in [0.25, 0.3) is 0 Å². The molecule has 0 aromatic rings. The van der Waals surface area contributed by atoms with E-state index in [-0.39, 0.29) is 24.9 Å². The van der Waals surface area contributed by atoms with Crippen LogP contribution in [0.4, 0.5) is 0 Å². The Hall–Kier alpha value is -2.96. The molecule has 0 saturated carbocycles. The van der Waals surface area contributed by atoms with Crippen molar-refractivity contribution in [2.45, 2.75) is 244 Å². The Morgan fingerprint density at radius 1 is 0.492 bits per heavy atom. The fourth-order valence-corrected chi connectivity index (χ4v) is 7.13. The van der Waals surface area contributed by atoms with Gasteiger partial charge in [0, 0.05) is 6.42 Å². The minimum absolute atomic E-state index is 0.0343. The second kappa shape index (κ2) is 48.1. The van der Waals surface area contributed by atoms with Gasteiger partial charge in [-0.25, -0.2) is 0 Å². The molecule has 0 radical (unpaired) electrons. The SMILES string of the molecule is CC/C=C/C/C=C/C/C=C/CCCCC(CC(=O)NC(CO)C(O)CCCCCCCCCCCCC)OC(=O)CCCCC/C=C\C/C=C\C/C=C\C/C=C\CCCCC. The second-order valence-electron chi connectivity index (χ2n) is 16.8. The van der Waals surface area contributed by atoms with Gasteiger partial charge in [0.2, 0.25) is 5.91 Å². The number of ether oxygens (including phenoxy) is 1. The largest absolute Gasteiger partial charge is 0.462 e. The van der Waals surface area contributed by atoms with Crippen LogP contribution in [0.2, 0.25) is 0 Å². The number of unbranched alkanes of at least 4 members (excludes halogenated alkanes) is 18. The van der Waals surface area contributed by atoms with Crippen LogP contribution in [-0.4, -0.2) is 46.9 Å². The molecule has 0 aliphatic rings. The van der Waals surface area contributed by atoms with Crippen LogP contribution in [0.5, 0.6) is 0 Å². The zero-order valence-electron chi connectivity index (χ0n) is 39.8. The predicted molar refractivity (Wildman–Crippen MR) is 264 cm³/mol. The third-order valence-corrected chi connectivity index (χ3v) is 11.0. The Morgan fingerprint density at radius 2 is 0.885 bits per heavy atom. The molecule has 0 heterocycles. The number of aliphatic hydroxyl groups excluding tert-OH is 2. The van der Waals surface area contributed by atoms with Crippen LogP contribution in [0.3, 0.4) is 0 Å². The molecule has 0 bridgehead atoms. The number of carbonyl (C=O) groups excluding carboxylic acids is 2. The van der Waals surface area contributed by atoms with Crippen LogP contribution in [0.15, 0.2) is 85.1 Å². The Labute approximate surface area is 376 Å². The van der Waals surface area contributed by atoms with E-state index in [1.807, 2.05) is 0 Å². The molecule has 0 aromatic carbocycles. The van der Waals surface area contributed by atoms with E-state index in [2.05, 4.69) is 111 Å². The molecular formula is C55H95NO5. The Kier molecular flexibility index (Phi) is 45.7. The lowest BCUT2D eigenvalue weighted by molar-refractivity contribution is -0.151. The number of amides is 1. The number of carbonyl (C=O) groups is 2. The van der Waals surface area contributed by atoms with Crippen molar-refractivity contribution in [1.82, 2.24) is 5.32 Å². The maximum absolute atomic E-state index is 13.2. The first-order valence-corrected chi connectivity index (χ1v) is 25.3. The summed E-state index contributed by atoms with van der Waals surface area (Å²) in [5.41, 5.74) is 0. The van der Waals surface area contributed by atoms with Crippen LogP contribution < -0.4 is 5.32 Å². The van der Waals surface area contributed by atoms with Crippen molar-refractivity contribution in [1.29, 1.82) is 0 Å². The van der Waals surface area contributed by atoms with Gasteiger partial charge in [-0.2, -0.15) is 0 Å². The van der Waals surface area contributed by atoms with E-state index in [9.17, 15) is 19.8 Å². The highest BCUT2D eigenvalue weighted by Crippen LogP contribution is 2.16. The minimum Gasteiger partial charge on any atom is -0.462 e. The van der Waals surface area contributed by atoms with Gasteiger partial charge in [0.1, 0.15) is 6.10 Å². The number of hydrogen-bond acceptors (Lipinski definition) is 5. The minimum atomic E-state index is -0.806. The molecular weight excluding hydrogens is 755 g/mol. The van der Waals surface area contributed by atoms with E-state index in [1.54, 1.807) is 0 Å². The molecule has 350 valence electrons. The molecule has 3 atom stereocenters. The highest BCUT2D eigenvalue weighted by atomic mass is 16.5. The third-order valence-electron chi connectivity index (χ3n) is 11.0. The summed E-state index contributed by atoms with van der Waals surface area (Å²) < 4.78 is 5.89. The van der Waals surface area contributed by atoms with E-state index >= 15 is 0 Å². The first-order valence-electron chi connectivity index (χ1n) is 25.3. The van der Waals surface area contributed by atoms with Crippen molar-refractivity contribution < 1.29 is 24.5 Å². The number of hydrogen-bond donors (Lipinski definition) is 3. The summed E-state index contributed by atoms with van der Waals surface area (Å²) in [5, 5.41) is 23.7. The molecule has 6 heteroatoms. The average Bonchev–Trinajstić information content (AvgIpc) is 3.25. The summed E-state index contributed by atoms with van der Waals surface area (Å²) in [7, 11) is 0. The van der Waals surface area contributed by atoms with Gasteiger partial charge >= 0.3 is 5.97 Å². The monoisotopic (exact) mass is 850 g/mol. The van der Waals surface area contributed by atoms with Crippen LogP contribution in [0, 0.1) is 0 Å². The lowest BCUT2D eigenvalue weighted by atomic mass is 10.0. The smallest absolute Gasteiger partial charge is 0.306 e. The normalized spacial score (nSPS) is 14.0. The van der Waals surface area contributed by atoms with Crippen molar-refractivity contribution in [2.24, 2.45) is 0 Å². The van der Waals surface area contributed by atoms with Crippen molar-refractivity contribution in [2.75, 3.05) is 6.61 Å². The lowest BCUT2D eigenvalue weighted by Gasteiger charge is -2.24. The van der Waals surface area contributed by atoms with Gasteiger partial charge < -0.3 is 20.3 Å². The number of rotatable bonds is 44. The first kappa shape index (κ1) is 58.0. The summed E-state index contributed by atoms with van der Waals surface area (Å²) in [6, 6.07) is -0.724. The zero-order chi connectivity index (χ0) is 44.5. The fraction of sp³-hybridized carbons (Fsp3) is 0.709. The highest BCUT2D eigenvalue weighted by molar-refractivity contribution is 5.77. The number of allylic oxidation sites excluding steroid dienone is 14. The number of esters is 1. The lowest BCUT2D eigenvalue weighted by Crippen LogP contribution is -2.46. The topological polar surface area (TPSA) is 95.9 Å². The van der Waals surface area contributed by atoms with Crippen molar-refractivity contribution >= 4 is 11.9 Å². The molecule has 0 spiro atoms.